The Morgan fingerprint density at radius 1 is 1.59 bits per heavy atom. The first-order valence-electron chi connectivity index (χ1n) is 6.07. The number of carbonyl (C=O) groups excluding carboxylic acids is 1. The molecule has 2 heterocycles. The lowest BCUT2D eigenvalue weighted by atomic mass is 10.1. The summed E-state index contributed by atoms with van der Waals surface area (Å²) < 4.78 is 10.5. The number of aromatic nitrogens is 1. The highest BCUT2D eigenvalue weighted by Gasteiger charge is 2.21. The Morgan fingerprint density at radius 2 is 2.41 bits per heavy atom. The fourth-order valence-corrected chi connectivity index (χ4v) is 2.05. The minimum Gasteiger partial charge on any atom is -0.376 e. The molecule has 1 N–H and O–H groups in total. The predicted octanol–water partition coefficient (Wildman–Crippen LogP) is 1.45. The Kier molecular flexibility index (Phi) is 3.78. The van der Waals surface area contributed by atoms with Crippen molar-refractivity contribution in [1.82, 2.24) is 10.5 Å². The molecule has 1 fully saturated rings. The van der Waals surface area contributed by atoms with E-state index in [0.29, 0.717) is 30.0 Å². The van der Waals surface area contributed by atoms with Gasteiger partial charge in [0.2, 0.25) is 0 Å². The Hall–Kier alpha value is -1.36. The van der Waals surface area contributed by atoms with Gasteiger partial charge in [0, 0.05) is 13.2 Å². The quantitative estimate of drug-likeness (QED) is 0.862. The van der Waals surface area contributed by atoms with E-state index in [2.05, 4.69) is 10.5 Å². The fourth-order valence-electron chi connectivity index (χ4n) is 2.05. The molecule has 1 aliphatic heterocycles. The van der Waals surface area contributed by atoms with Crippen molar-refractivity contribution in [2.75, 3.05) is 13.2 Å². The minimum absolute atomic E-state index is 0.115. The lowest BCUT2D eigenvalue weighted by molar-refractivity contribution is 0.0856. The average molecular weight is 238 g/mol. The Morgan fingerprint density at radius 3 is 3.06 bits per heavy atom. The largest absolute Gasteiger partial charge is 0.376 e. The van der Waals surface area contributed by atoms with Gasteiger partial charge in [-0.3, -0.25) is 4.79 Å². The molecule has 0 aromatic carbocycles. The van der Waals surface area contributed by atoms with Crippen LogP contribution < -0.4 is 5.32 Å². The van der Waals surface area contributed by atoms with Crippen LogP contribution in [0.15, 0.2) is 4.52 Å². The van der Waals surface area contributed by atoms with E-state index in [1.165, 1.54) is 0 Å². The van der Waals surface area contributed by atoms with Crippen LogP contribution in [0.2, 0.25) is 0 Å². The number of hydrogen-bond acceptors (Lipinski definition) is 4. The van der Waals surface area contributed by atoms with E-state index < -0.39 is 0 Å². The number of ether oxygens (including phenoxy) is 1. The van der Waals surface area contributed by atoms with E-state index in [0.717, 1.165) is 19.4 Å². The number of nitrogens with zero attached hydrogens (tertiary/aromatic N) is 1. The van der Waals surface area contributed by atoms with Crippen molar-refractivity contribution >= 4 is 5.91 Å². The standard InChI is InChI=1S/C12H18N2O3/c1-3-10-11(8(2)17-14-10)12(15)13-7-9-5-4-6-16-9/h9H,3-7H2,1-2H3,(H,13,15). The third kappa shape index (κ3) is 2.66. The lowest BCUT2D eigenvalue weighted by Gasteiger charge is -2.10. The molecule has 5 nitrogen and oxygen atoms in total. The molecule has 0 aliphatic carbocycles. The topological polar surface area (TPSA) is 64.4 Å². The van der Waals surface area contributed by atoms with Gasteiger partial charge in [-0.2, -0.15) is 0 Å². The zero-order chi connectivity index (χ0) is 12.3. The van der Waals surface area contributed by atoms with Crippen molar-refractivity contribution in [1.29, 1.82) is 0 Å². The number of nitrogens with one attached hydrogen (secondary N) is 1. The number of aryl methyl sites for hydroxylation is 2. The molecule has 1 unspecified atom stereocenters. The van der Waals surface area contributed by atoms with E-state index in [4.69, 9.17) is 9.26 Å². The second-order valence-electron chi connectivity index (χ2n) is 4.26. The van der Waals surface area contributed by atoms with Crippen molar-refractivity contribution in [2.24, 2.45) is 0 Å². The summed E-state index contributed by atoms with van der Waals surface area (Å²) in [4.78, 5) is 12.0. The molecule has 1 amide bonds. The fraction of sp³-hybridized carbons (Fsp3) is 0.667. The van der Waals surface area contributed by atoms with Gasteiger partial charge in [-0.15, -0.1) is 0 Å². The Balaban J connectivity index is 1.96. The predicted molar refractivity (Wildman–Crippen MR) is 61.9 cm³/mol. The zero-order valence-electron chi connectivity index (χ0n) is 10.3. The van der Waals surface area contributed by atoms with Crippen molar-refractivity contribution in [2.45, 2.75) is 39.2 Å². The van der Waals surface area contributed by atoms with Crippen molar-refractivity contribution in [3.05, 3.63) is 17.0 Å². The van der Waals surface area contributed by atoms with Crippen molar-refractivity contribution in [3.63, 3.8) is 0 Å². The van der Waals surface area contributed by atoms with Crippen LogP contribution in [-0.4, -0.2) is 30.3 Å². The Labute approximate surface area is 101 Å². The highest BCUT2D eigenvalue weighted by molar-refractivity contribution is 5.96. The van der Waals surface area contributed by atoms with Crippen LogP contribution in [-0.2, 0) is 11.2 Å². The highest BCUT2D eigenvalue weighted by atomic mass is 16.5. The second-order valence-corrected chi connectivity index (χ2v) is 4.26. The van der Waals surface area contributed by atoms with E-state index in [1.54, 1.807) is 6.92 Å². The maximum Gasteiger partial charge on any atom is 0.256 e. The molecular formula is C12H18N2O3. The highest BCUT2D eigenvalue weighted by Crippen LogP contribution is 2.15. The van der Waals surface area contributed by atoms with Crippen LogP contribution in [0, 0.1) is 6.92 Å². The monoisotopic (exact) mass is 238 g/mol. The van der Waals surface area contributed by atoms with Gasteiger partial charge in [-0.25, -0.2) is 0 Å². The summed E-state index contributed by atoms with van der Waals surface area (Å²) >= 11 is 0. The summed E-state index contributed by atoms with van der Waals surface area (Å²) in [6.07, 6.45) is 2.94. The maximum absolute atomic E-state index is 12.0. The zero-order valence-corrected chi connectivity index (χ0v) is 10.3. The van der Waals surface area contributed by atoms with Gasteiger partial charge in [-0.05, 0) is 26.2 Å². The van der Waals surface area contributed by atoms with Crippen LogP contribution in [0.25, 0.3) is 0 Å². The molecule has 1 atom stereocenters. The smallest absolute Gasteiger partial charge is 0.256 e. The normalized spacial score (nSPS) is 19.5. The first kappa shape index (κ1) is 12.1. The van der Waals surface area contributed by atoms with Gasteiger partial charge >= 0.3 is 0 Å². The molecule has 0 spiro atoms. The van der Waals surface area contributed by atoms with E-state index in [1.807, 2.05) is 6.92 Å². The number of hydrogen-bond donors (Lipinski definition) is 1. The van der Waals surface area contributed by atoms with Gasteiger partial charge < -0.3 is 14.6 Å². The number of carbonyl (C=O) groups is 1. The average Bonchev–Trinajstić information content (AvgIpc) is 2.94. The molecular weight excluding hydrogens is 220 g/mol. The molecule has 1 saturated heterocycles. The van der Waals surface area contributed by atoms with Gasteiger partial charge in [0.25, 0.3) is 5.91 Å². The van der Waals surface area contributed by atoms with E-state index >= 15 is 0 Å². The molecule has 0 saturated carbocycles. The van der Waals surface area contributed by atoms with Crippen molar-refractivity contribution < 1.29 is 14.1 Å². The summed E-state index contributed by atoms with van der Waals surface area (Å²) in [5.41, 5.74) is 1.29. The second kappa shape index (κ2) is 5.31. The summed E-state index contributed by atoms with van der Waals surface area (Å²) in [6, 6.07) is 0. The first-order chi connectivity index (χ1) is 8.22. The van der Waals surface area contributed by atoms with Gasteiger partial charge in [-0.1, -0.05) is 12.1 Å². The molecule has 5 heteroatoms. The SMILES string of the molecule is CCc1noc(C)c1C(=O)NCC1CCCO1. The summed E-state index contributed by atoms with van der Waals surface area (Å²) in [6.45, 7) is 5.07. The van der Waals surface area contributed by atoms with Gasteiger partial charge in [0.1, 0.15) is 11.3 Å². The lowest BCUT2D eigenvalue weighted by Crippen LogP contribution is -2.32. The first-order valence-corrected chi connectivity index (χ1v) is 6.07. The van der Waals surface area contributed by atoms with Crippen LogP contribution in [0.4, 0.5) is 0 Å². The van der Waals surface area contributed by atoms with Crippen LogP contribution in [0.3, 0.4) is 0 Å². The molecule has 0 bridgehead atoms. The van der Waals surface area contributed by atoms with Crippen LogP contribution >= 0.6 is 0 Å². The van der Waals surface area contributed by atoms with Crippen LogP contribution in [0.1, 0.15) is 41.6 Å². The van der Waals surface area contributed by atoms with Gasteiger partial charge in [0.15, 0.2) is 0 Å². The summed E-state index contributed by atoms with van der Waals surface area (Å²) in [7, 11) is 0. The third-order valence-electron chi connectivity index (χ3n) is 3.01. The molecule has 1 aromatic heterocycles. The van der Waals surface area contributed by atoms with E-state index in [-0.39, 0.29) is 12.0 Å². The van der Waals surface area contributed by atoms with Crippen LogP contribution in [0.5, 0.6) is 0 Å². The third-order valence-corrected chi connectivity index (χ3v) is 3.01. The number of rotatable bonds is 4. The molecule has 0 radical (unpaired) electrons. The van der Waals surface area contributed by atoms with Crippen molar-refractivity contribution in [3.8, 4) is 0 Å². The molecule has 17 heavy (non-hydrogen) atoms. The molecule has 2 rings (SSSR count). The maximum atomic E-state index is 12.0. The van der Waals surface area contributed by atoms with Gasteiger partial charge in [0.05, 0.1) is 11.8 Å². The summed E-state index contributed by atoms with van der Waals surface area (Å²) in [5, 5.41) is 6.75. The molecule has 1 aromatic rings. The summed E-state index contributed by atoms with van der Waals surface area (Å²) in [5.74, 6) is 0.461. The minimum atomic E-state index is -0.115. The van der Waals surface area contributed by atoms with E-state index in [9.17, 15) is 4.79 Å². The Bertz CT molecular complexity index is 394. The molecule has 94 valence electrons. The number of amides is 1. The molecule has 1 aliphatic rings.